The van der Waals surface area contributed by atoms with Crippen LogP contribution in [0.4, 0.5) is 40.3 Å². The standard InChI is InChI=1S/C18H19NO.C16H16O.C12H13F3N2O.C12H14N2O3.C12H15NO2.C12H15NO.C11H13ClN2O.C10H11FO.C10H18O/c20-15-19-13-11-18(12-14-19,16-7-3-1-4-8-16)17-9-5-2-6-10-17;17-13-7-12-16(14-8-3-1-4-9-14)15-10-5-2-6-11-15;13-12(14,15)10-2-1-3-11(8-10)17-6-4-16(9-18)5-7-17;15-8-13-3-5-14(6-4-13)10-1-2-11-12(7-10)17-9-16-11;1-10(15)13-12-7-5-11(6-8-12)4-2-3-9-14;14-10-13-8-6-12(7-9-13)11-4-2-1-3-5-11;12-10-3-1-2-4-11(10)14-7-5-13(9-15)6-8-14;11-10-6-4-9(5-7-10)3-1-2-8-12;11-9-5-4-8-10-6-2-1-3-7-10/h1-10,15H,11-14H2;1-6,8-11,13,16H,7,12H2;1-3,8-9H,4-7H2;1-2,7-8H,3-6,9H2;5-9H,2-4H2,1H3,(H,13,15);1-5,10,12H,6-9H2;1-4,9H,5-8H2;4-8H,1-3H2;9-10H,1-8H2. The molecule has 10 aromatic carbocycles. The molecule has 0 bridgehead atoms. The third-order valence-electron chi connectivity index (χ3n) is 25.6. The van der Waals surface area contributed by atoms with Gasteiger partial charge >= 0.3 is 6.18 Å². The molecule has 738 valence electrons. The highest BCUT2D eigenvalue weighted by molar-refractivity contribution is 6.33. The van der Waals surface area contributed by atoms with Crippen molar-refractivity contribution in [2.75, 3.05) is 132 Å². The first-order valence-corrected chi connectivity index (χ1v) is 48.9. The van der Waals surface area contributed by atoms with Crippen LogP contribution in [0.5, 0.6) is 11.5 Å². The molecule has 5 saturated heterocycles. The van der Waals surface area contributed by atoms with Crippen LogP contribution in [0.15, 0.2) is 267 Å². The Labute approximate surface area is 822 Å². The number of benzene rings is 10. The van der Waals surface area contributed by atoms with E-state index in [-0.39, 0.29) is 17.1 Å². The van der Waals surface area contributed by atoms with Gasteiger partial charge in [0.05, 0.1) is 16.3 Å². The summed E-state index contributed by atoms with van der Waals surface area (Å²) in [7, 11) is 0. The van der Waals surface area contributed by atoms with Gasteiger partial charge in [0.15, 0.2) is 11.5 Å². The number of amides is 6. The predicted molar refractivity (Wildman–Crippen MR) is 543 cm³/mol. The van der Waals surface area contributed by atoms with Crippen LogP contribution in [0, 0.1) is 11.7 Å². The largest absolute Gasteiger partial charge is 0.454 e. The van der Waals surface area contributed by atoms with Gasteiger partial charge in [-0.3, -0.25) is 28.8 Å². The van der Waals surface area contributed by atoms with Gasteiger partial charge in [0, 0.05) is 172 Å². The minimum atomic E-state index is -4.32. The summed E-state index contributed by atoms with van der Waals surface area (Å²) in [4.78, 5) is 120. The minimum absolute atomic E-state index is 0.0437. The maximum Gasteiger partial charge on any atom is 0.416 e. The van der Waals surface area contributed by atoms with Crippen molar-refractivity contribution in [2.45, 2.75) is 159 Å². The predicted octanol–water partition coefficient (Wildman–Crippen LogP) is 20.8. The van der Waals surface area contributed by atoms with Crippen LogP contribution >= 0.6 is 11.6 Å². The quantitative estimate of drug-likeness (QED) is 0.0261. The molecule has 6 fully saturated rings. The number of anilines is 4. The van der Waals surface area contributed by atoms with Gasteiger partial charge in [-0.15, -0.1) is 0 Å². The Kier molecular flexibility index (Phi) is 48.6. The Morgan fingerprint density at radius 3 is 1.32 bits per heavy atom. The molecule has 1 aliphatic carbocycles. The molecule has 0 aromatic heterocycles. The molecule has 0 unspecified atom stereocenters. The third-order valence-corrected chi connectivity index (χ3v) is 26.0. The smallest absolute Gasteiger partial charge is 0.416 e. The van der Waals surface area contributed by atoms with Gasteiger partial charge in [-0.2, -0.15) is 13.2 Å². The number of hydrogen-bond donors (Lipinski definition) is 1. The molecule has 0 atom stereocenters. The lowest BCUT2D eigenvalue weighted by Gasteiger charge is -2.41. The molecule has 10 aromatic rings. The second kappa shape index (κ2) is 61.8. The Balaban J connectivity index is 0.000000176. The van der Waals surface area contributed by atoms with Crippen LogP contribution in [0.1, 0.15) is 179 Å². The van der Waals surface area contributed by atoms with Crippen LogP contribution in [0.25, 0.3) is 0 Å². The number of carbonyl (C=O) groups is 10. The van der Waals surface area contributed by atoms with Gasteiger partial charge in [0.1, 0.15) is 31.0 Å². The number of piperidine rings is 2. The highest BCUT2D eigenvalue weighted by Gasteiger charge is 2.38. The van der Waals surface area contributed by atoms with E-state index in [4.69, 9.17) is 21.1 Å². The lowest BCUT2D eigenvalue weighted by atomic mass is 9.68. The number of piperazine rings is 3. The number of hydrogen-bond acceptors (Lipinski definition) is 15. The van der Waals surface area contributed by atoms with Crippen LogP contribution in [-0.2, 0) is 72.4 Å². The highest BCUT2D eigenvalue weighted by Crippen LogP contribution is 2.42. The van der Waals surface area contributed by atoms with Crippen molar-refractivity contribution in [3.05, 3.63) is 322 Å². The molecular weight excluding hydrogens is 1790 g/mol. The molecule has 6 aliphatic heterocycles. The van der Waals surface area contributed by atoms with Crippen LogP contribution in [0.2, 0.25) is 5.02 Å². The summed E-state index contributed by atoms with van der Waals surface area (Å²) in [6, 6.07) is 85.8. The number of fused-ring (bicyclic) bond motifs is 1. The zero-order valence-electron chi connectivity index (χ0n) is 79.9. The number of unbranched alkanes of at least 4 members (excludes halogenated alkanes) is 3. The Morgan fingerprint density at radius 2 is 0.849 bits per heavy atom. The fourth-order valence-corrected chi connectivity index (χ4v) is 18.0. The second-order valence-electron chi connectivity index (χ2n) is 35.0. The van der Waals surface area contributed by atoms with Crippen LogP contribution in [-0.4, -0.2) is 199 Å². The number of halogens is 5. The molecule has 21 nitrogen and oxygen atoms in total. The highest BCUT2D eigenvalue weighted by atomic mass is 35.5. The van der Waals surface area contributed by atoms with E-state index in [1.165, 1.54) is 97.0 Å². The number of aryl methyl sites for hydroxylation is 2. The van der Waals surface area contributed by atoms with Gasteiger partial charge in [-0.05, 0) is 182 Å². The first kappa shape index (κ1) is 109. The fraction of sp³-hybridized carbons (Fsp3) is 0.381. The van der Waals surface area contributed by atoms with Crippen molar-refractivity contribution >= 4 is 97.5 Å². The van der Waals surface area contributed by atoms with Crippen LogP contribution in [0.3, 0.4) is 0 Å². The van der Waals surface area contributed by atoms with Gasteiger partial charge in [-0.1, -0.05) is 244 Å². The van der Waals surface area contributed by atoms with E-state index in [2.05, 4.69) is 124 Å². The van der Waals surface area contributed by atoms with E-state index in [1.54, 1.807) is 32.9 Å². The van der Waals surface area contributed by atoms with Crippen molar-refractivity contribution in [2.24, 2.45) is 5.92 Å². The van der Waals surface area contributed by atoms with E-state index < -0.39 is 11.7 Å². The molecule has 139 heavy (non-hydrogen) atoms. The number of likely N-dealkylation sites (tertiary alicyclic amines) is 2. The van der Waals surface area contributed by atoms with E-state index in [9.17, 15) is 65.5 Å². The summed E-state index contributed by atoms with van der Waals surface area (Å²) < 4.78 is 60.8. The SMILES string of the molecule is CC(=O)Nc1ccc(CCCC=O)cc1.O=CCCC(c1ccccc1)c1ccccc1.O=CCCCC1CCCCC1.O=CCCCc1ccc(F)cc1.O=CN1CCC(c2ccccc2)(c2ccccc2)CC1.O=CN1CCC(c2ccccc2)CC1.O=CN1CCN(c2ccc3c(c2)OCO3)CC1.O=CN1CCN(c2cccc(C(F)(F)F)c2)CC1.O=CN1CCN(c2ccccc2Cl)CC1. The second-order valence-corrected chi connectivity index (χ2v) is 35.5. The maximum atomic E-state index is 12.6. The van der Waals surface area contributed by atoms with Crippen molar-refractivity contribution in [3.8, 4) is 11.5 Å². The van der Waals surface area contributed by atoms with Gasteiger partial charge < -0.3 is 73.2 Å². The minimum Gasteiger partial charge on any atom is -0.454 e. The normalized spacial score (nSPS) is 15.3. The average molecular weight is 1920 g/mol. The lowest BCUT2D eigenvalue weighted by Crippen LogP contribution is -2.45. The number of rotatable bonds is 29. The number of alkyl halides is 3. The van der Waals surface area contributed by atoms with Gasteiger partial charge in [0.2, 0.25) is 44.8 Å². The molecule has 0 spiro atoms. The Bertz CT molecular complexity index is 5110. The molecule has 26 heteroatoms. The number of para-hydroxylation sites is 1. The molecule has 1 saturated carbocycles. The molecule has 17 rings (SSSR count). The molecule has 6 amide bonds. The van der Waals surface area contributed by atoms with Crippen molar-refractivity contribution in [1.82, 2.24) is 24.5 Å². The van der Waals surface area contributed by atoms with Gasteiger partial charge in [0.25, 0.3) is 0 Å². The average Bonchev–Trinajstić information content (AvgIpc) is 1.22. The monoisotopic (exact) mass is 1920 g/mol. The summed E-state index contributed by atoms with van der Waals surface area (Å²) in [5.41, 5.74) is 11.9. The number of carbonyl (C=O) groups excluding carboxylic acids is 10. The van der Waals surface area contributed by atoms with E-state index in [0.29, 0.717) is 69.8 Å². The zero-order chi connectivity index (χ0) is 98.9. The first-order valence-electron chi connectivity index (χ1n) is 48.5. The number of aldehydes is 4. The molecule has 0 radical (unpaired) electrons. The number of nitrogens with zero attached hydrogens (tertiary/aromatic N) is 8. The molecular formula is C113H134ClF4N9O12. The Hall–Kier alpha value is -13.3. The summed E-state index contributed by atoms with van der Waals surface area (Å²) in [6.45, 7) is 14.0. The topological polar surface area (TPSA) is 227 Å². The Morgan fingerprint density at radius 1 is 0.424 bits per heavy atom. The van der Waals surface area contributed by atoms with Gasteiger partial charge in [-0.25, -0.2) is 4.39 Å². The first-order chi connectivity index (χ1) is 67.8. The van der Waals surface area contributed by atoms with E-state index in [1.807, 2.05) is 124 Å². The summed E-state index contributed by atoms with van der Waals surface area (Å²) >= 11 is 6.10. The summed E-state index contributed by atoms with van der Waals surface area (Å²) in [6.07, 6.45) is 24.7. The molecule has 6 heterocycles. The van der Waals surface area contributed by atoms with Crippen molar-refractivity contribution in [3.63, 3.8) is 0 Å². The van der Waals surface area contributed by atoms with E-state index >= 15 is 0 Å². The molecule has 7 aliphatic rings. The summed E-state index contributed by atoms with van der Waals surface area (Å²) in [5.74, 6) is 3.25. The molecule has 1 N–H and O–H groups in total. The van der Waals surface area contributed by atoms with Crippen molar-refractivity contribution < 1.29 is 75.0 Å². The number of nitrogens with one attached hydrogen (secondary N) is 1. The number of ether oxygens (including phenoxy) is 2. The zero-order valence-corrected chi connectivity index (χ0v) is 80.6. The fourth-order valence-electron chi connectivity index (χ4n) is 17.7. The lowest BCUT2D eigenvalue weighted by molar-refractivity contribution is -0.137. The van der Waals surface area contributed by atoms with Crippen molar-refractivity contribution in [1.29, 1.82) is 0 Å². The third kappa shape index (κ3) is 38.2. The van der Waals surface area contributed by atoms with E-state index in [0.717, 1.165) is 264 Å². The maximum absolute atomic E-state index is 12.6. The van der Waals surface area contributed by atoms with Crippen LogP contribution < -0.4 is 29.5 Å². The summed E-state index contributed by atoms with van der Waals surface area (Å²) in [5, 5.41) is 3.48.